The normalized spacial score (nSPS) is 14.1. The molecule has 1 aliphatic rings. The first-order valence-electron chi connectivity index (χ1n) is 10.6. The lowest BCUT2D eigenvalue weighted by atomic mass is 9.90. The van der Waals surface area contributed by atoms with E-state index in [1.54, 1.807) is 6.92 Å². The van der Waals surface area contributed by atoms with E-state index in [9.17, 15) is 9.59 Å². The Kier molecular flexibility index (Phi) is 5.79. The fourth-order valence-electron chi connectivity index (χ4n) is 3.95. The number of aromatic nitrogens is 1. The van der Waals surface area contributed by atoms with Gasteiger partial charge in [-0.2, -0.15) is 0 Å². The third-order valence-corrected chi connectivity index (χ3v) is 5.66. The molecule has 5 heteroatoms. The summed E-state index contributed by atoms with van der Waals surface area (Å²) in [6.45, 7) is 3.68. The van der Waals surface area contributed by atoms with Crippen LogP contribution in [0.5, 0.6) is 0 Å². The predicted molar refractivity (Wildman–Crippen MR) is 118 cm³/mol. The Morgan fingerprint density at radius 2 is 1.80 bits per heavy atom. The maximum Gasteiger partial charge on any atom is 0.339 e. The summed E-state index contributed by atoms with van der Waals surface area (Å²) in [5.41, 5.74) is 5.17. The van der Waals surface area contributed by atoms with Crippen molar-refractivity contribution in [1.29, 1.82) is 0 Å². The molecule has 1 aromatic heterocycles. The van der Waals surface area contributed by atoms with Crippen LogP contribution in [-0.4, -0.2) is 23.0 Å². The van der Waals surface area contributed by atoms with Gasteiger partial charge in [0, 0.05) is 16.8 Å². The van der Waals surface area contributed by atoms with E-state index < -0.39 is 12.1 Å². The molecular weight excluding hydrogens is 376 g/mol. The fourth-order valence-corrected chi connectivity index (χ4v) is 3.95. The topological polar surface area (TPSA) is 68.3 Å². The van der Waals surface area contributed by atoms with Gasteiger partial charge < -0.3 is 10.1 Å². The molecule has 0 radical (unpaired) electrons. The molecule has 1 heterocycles. The van der Waals surface area contributed by atoms with Gasteiger partial charge in [0.25, 0.3) is 5.91 Å². The average molecular weight is 402 g/mol. The third kappa shape index (κ3) is 4.06. The van der Waals surface area contributed by atoms with Crippen molar-refractivity contribution in [3.05, 3.63) is 70.9 Å². The number of rotatable bonds is 5. The summed E-state index contributed by atoms with van der Waals surface area (Å²) in [6.07, 6.45) is 3.80. The molecule has 0 saturated heterocycles. The summed E-state index contributed by atoms with van der Waals surface area (Å²) in [4.78, 5) is 30.5. The standard InChI is InChI=1S/C25H26N2O3/c1-3-17-12-14-18(15-13-17)26-24(28)16(2)30-25(29)23-19-8-4-6-10-21(19)27-22-11-7-5-9-20(22)23/h4,6,8,10,12-16H,3,5,7,9,11H2,1-2H3,(H,26,28)/t16-/m1/s1. The quantitative estimate of drug-likeness (QED) is 0.619. The number of pyridine rings is 1. The third-order valence-electron chi connectivity index (χ3n) is 5.66. The maximum atomic E-state index is 13.2. The van der Waals surface area contributed by atoms with E-state index in [0.717, 1.165) is 54.3 Å². The van der Waals surface area contributed by atoms with Crippen molar-refractivity contribution in [2.75, 3.05) is 5.32 Å². The SMILES string of the molecule is CCc1ccc(NC(=O)[C@@H](C)OC(=O)c2c3c(nc4ccccc24)CCCC3)cc1. The molecular formula is C25H26N2O3. The van der Waals surface area contributed by atoms with Gasteiger partial charge in [-0.05, 0) is 68.4 Å². The zero-order valence-electron chi connectivity index (χ0n) is 17.4. The van der Waals surface area contributed by atoms with Gasteiger partial charge in [0.1, 0.15) is 0 Å². The summed E-state index contributed by atoms with van der Waals surface area (Å²) in [5, 5.41) is 3.60. The zero-order valence-corrected chi connectivity index (χ0v) is 17.4. The molecule has 0 aliphatic heterocycles. The van der Waals surface area contributed by atoms with E-state index in [0.29, 0.717) is 11.3 Å². The Morgan fingerprint density at radius 3 is 2.57 bits per heavy atom. The van der Waals surface area contributed by atoms with E-state index in [4.69, 9.17) is 9.72 Å². The van der Waals surface area contributed by atoms with Gasteiger partial charge in [-0.3, -0.25) is 9.78 Å². The highest BCUT2D eigenvalue weighted by Crippen LogP contribution is 2.30. The van der Waals surface area contributed by atoms with E-state index in [1.165, 1.54) is 5.56 Å². The van der Waals surface area contributed by atoms with Crippen molar-refractivity contribution in [3.63, 3.8) is 0 Å². The van der Waals surface area contributed by atoms with Gasteiger partial charge in [0.2, 0.25) is 0 Å². The molecule has 1 atom stereocenters. The van der Waals surface area contributed by atoms with Crippen LogP contribution in [-0.2, 0) is 28.8 Å². The molecule has 154 valence electrons. The Labute approximate surface area is 176 Å². The van der Waals surface area contributed by atoms with Crippen LogP contribution in [0, 0.1) is 0 Å². The van der Waals surface area contributed by atoms with Gasteiger partial charge >= 0.3 is 5.97 Å². The van der Waals surface area contributed by atoms with Crippen LogP contribution >= 0.6 is 0 Å². The monoisotopic (exact) mass is 402 g/mol. The highest BCUT2D eigenvalue weighted by molar-refractivity contribution is 6.06. The molecule has 30 heavy (non-hydrogen) atoms. The molecule has 0 spiro atoms. The smallest absolute Gasteiger partial charge is 0.339 e. The predicted octanol–water partition coefficient (Wildman–Crippen LogP) is 4.86. The number of aryl methyl sites for hydroxylation is 2. The number of nitrogens with zero attached hydrogens (tertiary/aromatic N) is 1. The summed E-state index contributed by atoms with van der Waals surface area (Å²) in [5.74, 6) is -0.810. The number of amides is 1. The van der Waals surface area contributed by atoms with Gasteiger partial charge in [-0.25, -0.2) is 4.79 Å². The molecule has 0 fully saturated rings. The summed E-state index contributed by atoms with van der Waals surface area (Å²) < 4.78 is 5.61. The number of hydrogen-bond acceptors (Lipinski definition) is 4. The first-order chi connectivity index (χ1) is 14.6. The number of hydrogen-bond donors (Lipinski definition) is 1. The minimum Gasteiger partial charge on any atom is -0.449 e. The molecule has 4 rings (SSSR count). The lowest BCUT2D eigenvalue weighted by Gasteiger charge is -2.21. The Balaban J connectivity index is 1.55. The Bertz CT molecular complexity index is 1090. The van der Waals surface area contributed by atoms with Crippen LogP contribution in [0.25, 0.3) is 10.9 Å². The minimum absolute atomic E-state index is 0.347. The van der Waals surface area contributed by atoms with Crippen molar-refractivity contribution in [2.45, 2.75) is 52.1 Å². The number of para-hydroxylation sites is 1. The molecule has 1 N–H and O–H groups in total. The number of carbonyl (C=O) groups is 2. The van der Waals surface area contributed by atoms with Crippen molar-refractivity contribution < 1.29 is 14.3 Å². The molecule has 3 aromatic rings. The second kappa shape index (κ2) is 8.66. The first kappa shape index (κ1) is 20.1. The molecule has 5 nitrogen and oxygen atoms in total. The molecule has 0 saturated carbocycles. The Morgan fingerprint density at radius 1 is 1.07 bits per heavy atom. The van der Waals surface area contributed by atoms with Gasteiger partial charge in [0.15, 0.2) is 6.10 Å². The van der Waals surface area contributed by atoms with E-state index in [2.05, 4.69) is 12.2 Å². The number of benzene rings is 2. The Hall–Kier alpha value is -3.21. The molecule has 0 unspecified atom stereocenters. The second-order valence-corrected chi connectivity index (χ2v) is 7.72. The highest BCUT2D eigenvalue weighted by atomic mass is 16.5. The minimum atomic E-state index is -0.908. The van der Waals surface area contributed by atoms with E-state index >= 15 is 0 Å². The van der Waals surface area contributed by atoms with Crippen molar-refractivity contribution >= 4 is 28.5 Å². The van der Waals surface area contributed by atoms with E-state index in [-0.39, 0.29) is 5.91 Å². The van der Waals surface area contributed by atoms with Crippen molar-refractivity contribution in [1.82, 2.24) is 4.98 Å². The van der Waals surface area contributed by atoms with Gasteiger partial charge in [-0.1, -0.05) is 37.3 Å². The van der Waals surface area contributed by atoms with Crippen LogP contribution in [0.1, 0.15) is 53.9 Å². The highest BCUT2D eigenvalue weighted by Gasteiger charge is 2.26. The summed E-state index contributed by atoms with van der Waals surface area (Å²) in [6, 6.07) is 15.3. The number of ether oxygens (including phenoxy) is 1. The lowest BCUT2D eigenvalue weighted by Crippen LogP contribution is -2.30. The number of anilines is 1. The first-order valence-corrected chi connectivity index (χ1v) is 10.6. The number of nitrogens with one attached hydrogen (secondary N) is 1. The largest absolute Gasteiger partial charge is 0.449 e. The molecule has 1 amide bonds. The number of fused-ring (bicyclic) bond motifs is 2. The van der Waals surface area contributed by atoms with Gasteiger partial charge in [-0.15, -0.1) is 0 Å². The van der Waals surface area contributed by atoms with Crippen LogP contribution in [0.15, 0.2) is 48.5 Å². The van der Waals surface area contributed by atoms with Crippen LogP contribution in [0.3, 0.4) is 0 Å². The van der Waals surface area contributed by atoms with E-state index in [1.807, 2.05) is 48.5 Å². The van der Waals surface area contributed by atoms with Gasteiger partial charge in [0.05, 0.1) is 11.1 Å². The maximum absolute atomic E-state index is 13.2. The second-order valence-electron chi connectivity index (χ2n) is 7.72. The van der Waals surface area contributed by atoms with Crippen LogP contribution in [0.4, 0.5) is 5.69 Å². The molecule has 1 aliphatic carbocycles. The van der Waals surface area contributed by atoms with Crippen LogP contribution < -0.4 is 5.32 Å². The zero-order chi connectivity index (χ0) is 21.1. The lowest BCUT2D eigenvalue weighted by molar-refractivity contribution is -0.123. The molecule has 2 aromatic carbocycles. The van der Waals surface area contributed by atoms with Crippen molar-refractivity contribution in [3.8, 4) is 0 Å². The van der Waals surface area contributed by atoms with Crippen molar-refractivity contribution in [2.24, 2.45) is 0 Å². The van der Waals surface area contributed by atoms with Crippen LogP contribution in [0.2, 0.25) is 0 Å². The summed E-state index contributed by atoms with van der Waals surface area (Å²) >= 11 is 0. The number of carbonyl (C=O) groups excluding carboxylic acids is 2. The fraction of sp³-hybridized carbons (Fsp3) is 0.320. The number of esters is 1. The average Bonchev–Trinajstić information content (AvgIpc) is 2.77. The summed E-state index contributed by atoms with van der Waals surface area (Å²) in [7, 11) is 0. The molecule has 0 bridgehead atoms.